The summed E-state index contributed by atoms with van der Waals surface area (Å²) in [5.74, 6) is 0.878. The van der Waals surface area contributed by atoms with Gasteiger partial charge in [-0.15, -0.1) is 0 Å². The molecule has 3 heterocycles. The predicted molar refractivity (Wildman–Crippen MR) is 106 cm³/mol. The van der Waals surface area contributed by atoms with Crippen molar-refractivity contribution in [3.63, 3.8) is 0 Å². The summed E-state index contributed by atoms with van der Waals surface area (Å²) in [6, 6.07) is 8.85. The maximum absolute atomic E-state index is 12.8. The zero-order chi connectivity index (χ0) is 19.7. The number of aromatic amines is 1. The lowest BCUT2D eigenvalue weighted by atomic mass is 9.93. The Kier molecular flexibility index (Phi) is 4.90. The van der Waals surface area contributed by atoms with E-state index < -0.39 is 0 Å². The van der Waals surface area contributed by atoms with Gasteiger partial charge in [0, 0.05) is 42.4 Å². The van der Waals surface area contributed by atoms with Crippen LogP contribution in [0.15, 0.2) is 41.3 Å². The maximum atomic E-state index is 12.8. The maximum Gasteiger partial charge on any atom is 0.272 e. The average Bonchev–Trinajstić information content (AvgIpc) is 3.17. The van der Waals surface area contributed by atoms with Crippen LogP contribution in [0.3, 0.4) is 0 Å². The molecule has 1 N–H and O–H groups in total. The molecule has 7 heteroatoms. The molecule has 0 atom stereocenters. The summed E-state index contributed by atoms with van der Waals surface area (Å²) in [4.78, 5) is 31.8. The molecule has 1 amide bonds. The molecule has 1 aromatic carbocycles. The topological polar surface area (TPSA) is 79.7 Å². The number of aryl methyl sites for hydroxylation is 1. The van der Waals surface area contributed by atoms with Gasteiger partial charge in [0.05, 0.1) is 12.8 Å². The van der Waals surface area contributed by atoms with Crippen LogP contribution in [-0.2, 0) is 6.42 Å². The zero-order valence-electron chi connectivity index (χ0n) is 16.1. The highest BCUT2D eigenvalue weighted by atomic mass is 16.5. The quantitative estimate of drug-likeness (QED) is 0.755. The Hall–Kier alpha value is -3.09. The van der Waals surface area contributed by atoms with Gasteiger partial charge in [-0.25, -0.2) is 9.50 Å². The van der Waals surface area contributed by atoms with E-state index in [1.54, 1.807) is 19.2 Å². The molecule has 2 aromatic heterocycles. The van der Waals surface area contributed by atoms with E-state index in [1.165, 1.54) is 4.52 Å². The average molecular weight is 380 g/mol. The Morgan fingerprint density at radius 3 is 2.79 bits per heavy atom. The number of nitrogens with zero attached hydrogens (tertiary/aromatic N) is 3. The van der Waals surface area contributed by atoms with E-state index in [-0.39, 0.29) is 17.4 Å². The summed E-state index contributed by atoms with van der Waals surface area (Å²) in [7, 11) is 1.59. The number of rotatable bonds is 4. The van der Waals surface area contributed by atoms with Crippen molar-refractivity contribution in [3.05, 3.63) is 63.7 Å². The molecule has 1 saturated heterocycles. The smallest absolute Gasteiger partial charge is 0.272 e. The molecule has 0 aliphatic carbocycles. The zero-order valence-corrected chi connectivity index (χ0v) is 16.1. The molecule has 0 radical (unpaired) electrons. The summed E-state index contributed by atoms with van der Waals surface area (Å²) >= 11 is 0. The third-order valence-electron chi connectivity index (χ3n) is 5.49. The first-order chi connectivity index (χ1) is 13.6. The van der Waals surface area contributed by atoms with E-state index in [1.807, 2.05) is 36.2 Å². The van der Waals surface area contributed by atoms with Gasteiger partial charge in [0.1, 0.15) is 5.75 Å². The van der Waals surface area contributed by atoms with Crippen molar-refractivity contribution < 1.29 is 9.53 Å². The predicted octanol–water partition coefficient (Wildman–Crippen LogP) is 2.61. The number of hydrogen-bond acceptors (Lipinski definition) is 4. The molecule has 3 aromatic rings. The largest absolute Gasteiger partial charge is 0.497 e. The van der Waals surface area contributed by atoms with Crippen LogP contribution in [0.25, 0.3) is 5.65 Å². The number of benzene rings is 1. The number of carbonyl (C=O) groups excluding carboxylic acids is 1. The van der Waals surface area contributed by atoms with Gasteiger partial charge in [0.15, 0.2) is 5.65 Å². The van der Waals surface area contributed by atoms with Crippen molar-refractivity contribution in [3.8, 4) is 5.75 Å². The fourth-order valence-electron chi connectivity index (χ4n) is 3.83. The van der Waals surface area contributed by atoms with E-state index >= 15 is 0 Å². The Morgan fingerprint density at radius 1 is 1.29 bits per heavy atom. The van der Waals surface area contributed by atoms with E-state index in [0.717, 1.165) is 30.5 Å². The van der Waals surface area contributed by atoms with Crippen molar-refractivity contribution in [2.75, 3.05) is 20.2 Å². The molecule has 1 aliphatic rings. The van der Waals surface area contributed by atoms with Crippen LogP contribution in [-0.4, -0.2) is 45.6 Å². The second-order valence-corrected chi connectivity index (χ2v) is 7.13. The van der Waals surface area contributed by atoms with Gasteiger partial charge in [-0.05, 0) is 37.5 Å². The molecule has 0 bridgehead atoms. The van der Waals surface area contributed by atoms with Gasteiger partial charge < -0.3 is 9.64 Å². The summed E-state index contributed by atoms with van der Waals surface area (Å²) in [6.07, 6.45) is 4.24. The highest BCUT2D eigenvalue weighted by molar-refractivity contribution is 5.94. The Bertz CT molecular complexity index is 1060. The van der Waals surface area contributed by atoms with Gasteiger partial charge >= 0.3 is 0 Å². The lowest BCUT2D eigenvalue weighted by molar-refractivity contribution is 0.0711. The number of aromatic nitrogens is 3. The minimum Gasteiger partial charge on any atom is -0.497 e. The highest BCUT2D eigenvalue weighted by Gasteiger charge is 2.26. The van der Waals surface area contributed by atoms with Crippen molar-refractivity contribution in [2.45, 2.75) is 32.1 Å². The van der Waals surface area contributed by atoms with Gasteiger partial charge in [0.2, 0.25) is 0 Å². The highest BCUT2D eigenvalue weighted by Crippen LogP contribution is 2.28. The molecule has 28 heavy (non-hydrogen) atoms. The standard InChI is InChI=1S/C21H24N4O3/c1-3-14-13-22-25-19(26)12-18(23-20(14)25)15-7-9-24(10-8-15)21(27)16-5-4-6-17(11-16)28-2/h4-6,11-13,15,22H,3,7-10H2,1-2H3. The number of likely N-dealkylation sites (tertiary alicyclic amines) is 1. The van der Waals surface area contributed by atoms with Crippen LogP contribution < -0.4 is 10.3 Å². The van der Waals surface area contributed by atoms with E-state index in [9.17, 15) is 9.59 Å². The second kappa shape index (κ2) is 7.50. The normalized spacial score (nSPS) is 15.1. The molecule has 4 rings (SSSR count). The molecule has 0 spiro atoms. The van der Waals surface area contributed by atoms with Crippen molar-refractivity contribution >= 4 is 11.6 Å². The molecule has 0 unspecified atom stereocenters. The van der Waals surface area contributed by atoms with E-state index in [0.29, 0.717) is 30.0 Å². The van der Waals surface area contributed by atoms with Crippen LogP contribution in [0.4, 0.5) is 0 Å². The molecule has 7 nitrogen and oxygen atoms in total. The minimum absolute atomic E-state index is 0.0136. The summed E-state index contributed by atoms with van der Waals surface area (Å²) in [5, 5.41) is 2.97. The first-order valence-electron chi connectivity index (χ1n) is 9.64. The van der Waals surface area contributed by atoms with Gasteiger partial charge in [-0.1, -0.05) is 13.0 Å². The molecule has 1 fully saturated rings. The first kappa shape index (κ1) is 18.3. The number of ether oxygens (including phenoxy) is 1. The number of methoxy groups -OCH3 is 1. The summed E-state index contributed by atoms with van der Waals surface area (Å²) in [5.41, 5.74) is 3.11. The summed E-state index contributed by atoms with van der Waals surface area (Å²) < 4.78 is 6.70. The number of amides is 1. The van der Waals surface area contributed by atoms with Crippen LogP contribution in [0.1, 0.15) is 47.3 Å². The lowest BCUT2D eigenvalue weighted by Gasteiger charge is -2.31. The van der Waals surface area contributed by atoms with Crippen molar-refractivity contribution in [1.82, 2.24) is 19.5 Å². The monoisotopic (exact) mass is 380 g/mol. The number of fused-ring (bicyclic) bond motifs is 1. The summed E-state index contributed by atoms with van der Waals surface area (Å²) in [6.45, 7) is 3.34. The third kappa shape index (κ3) is 3.28. The number of carbonyl (C=O) groups is 1. The fraction of sp³-hybridized carbons (Fsp3) is 0.381. The van der Waals surface area contributed by atoms with Crippen molar-refractivity contribution in [1.29, 1.82) is 0 Å². The number of nitrogens with one attached hydrogen (secondary N) is 1. The van der Waals surface area contributed by atoms with Gasteiger partial charge in [-0.2, -0.15) is 0 Å². The number of H-pyrrole nitrogens is 1. The van der Waals surface area contributed by atoms with E-state index in [2.05, 4.69) is 5.10 Å². The van der Waals surface area contributed by atoms with Crippen molar-refractivity contribution in [2.24, 2.45) is 0 Å². The SMILES string of the molecule is CCc1c[nH]n2c(=O)cc(C3CCN(C(=O)c4cccc(OC)c4)CC3)nc12. The molecule has 1 aliphatic heterocycles. The van der Waals surface area contributed by atoms with Gasteiger partial charge in [-0.3, -0.25) is 14.7 Å². The minimum atomic E-state index is -0.0883. The van der Waals surface area contributed by atoms with Crippen LogP contribution in [0, 0.1) is 0 Å². The molecule has 0 saturated carbocycles. The molecular weight excluding hydrogens is 356 g/mol. The first-order valence-corrected chi connectivity index (χ1v) is 9.64. The molecule has 146 valence electrons. The van der Waals surface area contributed by atoms with Crippen LogP contribution >= 0.6 is 0 Å². The Balaban J connectivity index is 1.50. The second-order valence-electron chi connectivity index (χ2n) is 7.13. The lowest BCUT2D eigenvalue weighted by Crippen LogP contribution is -2.38. The number of hydrogen-bond donors (Lipinski definition) is 1. The Morgan fingerprint density at radius 2 is 2.07 bits per heavy atom. The van der Waals surface area contributed by atoms with E-state index in [4.69, 9.17) is 9.72 Å². The third-order valence-corrected chi connectivity index (χ3v) is 5.49. The van der Waals surface area contributed by atoms with Crippen LogP contribution in [0.5, 0.6) is 5.75 Å². The van der Waals surface area contributed by atoms with Crippen LogP contribution in [0.2, 0.25) is 0 Å². The molecular formula is C21H24N4O3. The fourth-order valence-corrected chi connectivity index (χ4v) is 3.83. The van der Waals surface area contributed by atoms with Gasteiger partial charge in [0.25, 0.3) is 11.5 Å². The Labute approximate surface area is 162 Å². The number of piperidine rings is 1.